The average Bonchev–Trinajstić information content (AvgIpc) is 2.73. The number of carboxylic acid groups (broad SMARTS) is 1. The molecule has 2 aromatic rings. The number of halogens is 1. The molecule has 9 heteroatoms. The first-order valence-corrected chi connectivity index (χ1v) is 10.8. The molecule has 3 rings (SSSR count). The Hall–Kier alpha value is -3.10. The van der Waals surface area contributed by atoms with Crippen LogP contribution in [0.3, 0.4) is 0 Å². The zero-order valence-corrected chi connectivity index (χ0v) is 18.9. The second-order valence-corrected chi connectivity index (χ2v) is 8.42. The van der Waals surface area contributed by atoms with Crippen molar-refractivity contribution in [3.63, 3.8) is 0 Å². The predicted molar refractivity (Wildman–Crippen MR) is 125 cm³/mol. The Morgan fingerprint density at radius 3 is 2.38 bits per heavy atom. The summed E-state index contributed by atoms with van der Waals surface area (Å²) in [4.78, 5) is 40.4. The number of anilines is 2. The fraction of sp³-hybridized carbons (Fsp3) is 0.348. The molecular weight excluding hydrogens is 432 g/mol. The first-order chi connectivity index (χ1) is 15.2. The van der Waals surface area contributed by atoms with E-state index in [1.165, 1.54) is 12.1 Å². The van der Waals surface area contributed by atoms with Gasteiger partial charge in [0.2, 0.25) is 5.91 Å². The molecule has 1 saturated heterocycles. The van der Waals surface area contributed by atoms with Gasteiger partial charge in [0.05, 0.1) is 23.5 Å². The number of hydrogen-bond acceptors (Lipinski definition) is 5. The molecule has 2 aromatic carbocycles. The Labute approximate surface area is 192 Å². The highest BCUT2D eigenvalue weighted by atomic mass is 35.5. The molecule has 0 atom stereocenters. The first kappa shape index (κ1) is 23.6. The van der Waals surface area contributed by atoms with Crippen LogP contribution in [0.15, 0.2) is 42.5 Å². The number of carbonyl (C=O) groups excluding carboxylic acids is 2. The number of carbonyl (C=O) groups is 3. The lowest BCUT2D eigenvalue weighted by molar-refractivity contribution is -0.122. The van der Waals surface area contributed by atoms with E-state index in [9.17, 15) is 19.5 Å². The Bertz CT molecular complexity index is 1000. The molecule has 32 heavy (non-hydrogen) atoms. The monoisotopic (exact) mass is 458 g/mol. The molecule has 8 nitrogen and oxygen atoms in total. The van der Waals surface area contributed by atoms with E-state index in [4.69, 9.17) is 11.6 Å². The van der Waals surface area contributed by atoms with Crippen LogP contribution in [0.5, 0.6) is 0 Å². The normalized spacial score (nSPS) is 14.3. The Morgan fingerprint density at radius 1 is 1.03 bits per heavy atom. The quantitative estimate of drug-likeness (QED) is 0.589. The molecule has 0 saturated carbocycles. The van der Waals surface area contributed by atoms with Gasteiger partial charge < -0.3 is 20.6 Å². The standard InChI is InChI=1S/C23H27ClN4O4/c1-15(2)25-21(29)14-27-8-10-28(11-9-27)20-7-6-17(23(31)32)13-19(20)26-22(30)16-4-3-5-18(24)12-16/h3-7,12-13,15H,8-11,14H2,1-2H3,(H,25,29)(H,26,30)(H,31,32). The number of amides is 2. The molecule has 1 aliphatic rings. The van der Waals surface area contributed by atoms with Crippen molar-refractivity contribution in [2.45, 2.75) is 19.9 Å². The van der Waals surface area contributed by atoms with Crippen LogP contribution >= 0.6 is 11.6 Å². The van der Waals surface area contributed by atoms with Crippen LogP contribution < -0.4 is 15.5 Å². The number of benzene rings is 2. The minimum Gasteiger partial charge on any atom is -0.478 e. The van der Waals surface area contributed by atoms with Gasteiger partial charge in [0, 0.05) is 42.8 Å². The molecule has 0 aromatic heterocycles. The zero-order chi connectivity index (χ0) is 23.3. The molecule has 0 bridgehead atoms. The lowest BCUT2D eigenvalue weighted by atomic mass is 10.1. The molecule has 170 valence electrons. The maximum absolute atomic E-state index is 12.8. The number of piperazine rings is 1. The fourth-order valence-electron chi connectivity index (χ4n) is 3.59. The molecule has 0 spiro atoms. The molecule has 0 aliphatic carbocycles. The summed E-state index contributed by atoms with van der Waals surface area (Å²) >= 11 is 5.99. The third-order valence-electron chi connectivity index (χ3n) is 5.11. The van der Waals surface area contributed by atoms with Crippen molar-refractivity contribution >= 4 is 40.8 Å². The van der Waals surface area contributed by atoms with Gasteiger partial charge in [0.1, 0.15) is 0 Å². The second kappa shape index (κ2) is 10.5. The molecular formula is C23H27ClN4O4. The van der Waals surface area contributed by atoms with Crippen molar-refractivity contribution in [2.75, 3.05) is 42.9 Å². The number of nitrogens with zero attached hydrogens (tertiary/aromatic N) is 2. The van der Waals surface area contributed by atoms with Crippen LogP contribution in [0, 0.1) is 0 Å². The molecule has 1 fully saturated rings. The molecule has 0 radical (unpaired) electrons. The predicted octanol–water partition coefficient (Wildman–Crippen LogP) is 2.94. The number of aromatic carboxylic acids is 1. The van der Waals surface area contributed by atoms with E-state index in [0.29, 0.717) is 49.0 Å². The van der Waals surface area contributed by atoms with Crippen LogP contribution in [0.1, 0.15) is 34.6 Å². The number of carboxylic acids is 1. The number of rotatable bonds is 7. The lowest BCUT2D eigenvalue weighted by Crippen LogP contribution is -2.50. The number of nitrogens with one attached hydrogen (secondary N) is 2. The topological polar surface area (TPSA) is 102 Å². The van der Waals surface area contributed by atoms with Crippen molar-refractivity contribution in [2.24, 2.45) is 0 Å². The maximum atomic E-state index is 12.8. The second-order valence-electron chi connectivity index (χ2n) is 7.99. The van der Waals surface area contributed by atoms with Gasteiger partial charge in [-0.05, 0) is 50.2 Å². The van der Waals surface area contributed by atoms with Crippen LogP contribution in [0.4, 0.5) is 11.4 Å². The minimum absolute atomic E-state index is 0.00580. The molecule has 3 N–H and O–H groups in total. The van der Waals surface area contributed by atoms with Crippen molar-refractivity contribution in [1.29, 1.82) is 0 Å². The third kappa shape index (κ3) is 6.21. The summed E-state index contributed by atoms with van der Waals surface area (Å²) in [5.74, 6) is -1.45. The third-order valence-corrected chi connectivity index (χ3v) is 5.34. The lowest BCUT2D eigenvalue weighted by Gasteiger charge is -2.36. The van der Waals surface area contributed by atoms with E-state index in [0.717, 1.165) is 5.69 Å². The summed E-state index contributed by atoms with van der Waals surface area (Å²) in [6.45, 7) is 6.82. The van der Waals surface area contributed by atoms with Crippen molar-refractivity contribution < 1.29 is 19.5 Å². The first-order valence-electron chi connectivity index (χ1n) is 10.4. The van der Waals surface area contributed by atoms with Crippen LogP contribution in [-0.4, -0.2) is 66.6 Å². The molecule has 1 aliphatic heterocycles. The van der Waals surface area contributed by atoms with E-state index in [2.05, 4.69) is 20.4 Å². The highest BCUT2D eigenvalue weighted by Crippen LogP contribution is 2.29. The molecule has 1 heterocycles. The Morgan fingerprint density at radius 2 is 1.75 bits per heavy atom. The van der Waals surface area contributed by atoms with Gasteiger partial charge >= 0.3 is 5.97 Å². The van der Waals surface area contributed by atoms with Gasteiger partial charge in [0.25, 0.3) is 5.91 Å². The zero-order valence-electron chi connectivity index (χ0n) is 18.1. The van der Waals surface area contributed by atoms with Crippen molar-refractivity contribution in [3.8, 4) is 0 Å². The molecule has 2 amide bonds. The van der Waals surface area contributed by atoms with Gasteiger partial charge in [-0.25, -0.2) is 4.79 Å². The van der Waals surface area contributed by atoms with E-state index in [-0.39, 0.29) is 23.4 Å². The highest BCUT2D eigenvalue weighted by molar-refractivity contribution is 6.31. The smallest absolute Gasteiger partial charge is 0.335 e. The summed E-state index contributed by atoms with van der Waals surface area (Å²) in [7, 11) is 0. The van der Waals surface area contributed by atoms with Gasteiger partial charge in [-0.15, -0.1) is 0 Å². The van der Waals surface area contributed by atoms with Crippen LogP contribution in [0.2, 0.25) is 5.02 Å². The van der Waals surface area contributed by atoms with Gasteiger partial charge in [-0.1, -0.05) is 17.7 Å². The number of hydrogen-bond donors (Lipinski definition) is 3. The van der Waals surface area contributed by atoms with E-state index >= 15 is 0 Å². The van der Waals surface area contributed by atoms with Gasteiger partial charge in [-0.3, -0.25) is 14.5 Å². The van der Waals surface area contributed by atoms with Crippen LogP contribution in [0.25, 0.3) is 0 Å². The Balaban J connectivity index is 1.74. The SMILES string of the molecule is CC(C)NC(=O)CN1CCN(c2ccc(C(=O)O)cc2NC(=O)c2cccc(Cl)c2)CC1. The summed E-state index contributed by atoms with van der Waals surface area (Å²) in [5.41, 5.74) is 1.61. The van der Waals surface area contributed by atoms with E-state index in [1.54, 1.807) is 30.3 Å². The van der Waals surface area contributed by atoms with Crippen molar-refractivity contribution in [3.05, 3.63) is 58.6 Å². The Kier molecular flexibility index (Phi) is 7.71. The maximum Gasteiger partial charge on any atom is 0.335 e. The highest BCUT2D eigenvalue weighted by Gasteiger charge is 2.23. The summed E-state index contributed by atoms with van der Waals surface area (Å²) in [5, 5.41) is 15.6. The van der Waals surface area contributed by atoms with E-state index < -0.39 is 5.97 Å². The molecule has 0 unspecified atom stereocenters. The van der Waals surface area contributed by atoms with Gasteiger partial charge in [0.15, 0.2) is 0 Å². The summed E-state index contributed by atoms with van der Waals surface area (Å²) in [6.07, 6.45) is 0. The van der Waals surface area contributed by atoms with Crippen LogP contribution in [-0.2, 0) is 4.79 Å². The summed E-state index contributed by atoms with van der Waals surface area (Å²) in [6, 6.07) is 11.3. The van der Waals surface area contributed by atoms with Gasteiger partial charge in [-0.2, -0.15) is 0 Å². The average molecular weight is 459 g/mol. The fourth-order valence-corrected chi connectivity index (χ4v) is 3.78. The van der Waals surface area contributed by atoms with E-state index in [1.807, 2.05) is 13.8 Å². The largest absolute Gasteiger partial charge is 0.478 e. The summed E-state index contributed by atoms with van der Waals surface area (Å²) < 4.78 is 0. The minimum atomic E-state index is -1.07. The van der Waals surface area contributed by atoms with Crippen molar-refractivity contribution in [1.82, 2.24) is 10.2 Å².